The number of aryl methyl sites for hydroxylation is 2. The van der Waals surface area contributed by atoms with Gasteiger partial charge in [-0.3, -0.25) is 4.79 Å². The Morgan fingerprint density at radius 2 is 1.82 bits per heavy atom. The van der Waals surface area contributed by atoms with Gasteiger partial charge in [-0.25, -0.2) is 0 Å². The molecule has 0 saturated carbocycles. The summed E-state index contributed by atoms with van der Waals surface area (Å²) in [4.78, 5) is 11.9. The summed E-state index contributed by atoms with van der Waals surface area (Å²) in [6.07, 6.45) is 0. The van der Waals surface area contributed by atoms with Crippen LogP contribution in [-0.4, -0.2) is 25.0 Å². The lowest BCUT2D eigenvalue weighted by atomic mass is 10.1. The molecule has 0 radical (unpaired) electrons. The van der Waals surface area contributed by atoms with E-state index in [9.17, 15) is 4.79 Å². The topological polar surface area (TPSA) is 54.3 Å². The summed E-state index contributed by atoms with van der Waals surface area (Å²) in [5.41, 5.74) is 1.60. The predicted octanol–water partition coefficient (Wildman–Crippen LogP) is 1.93. The van der Waals surface area contributed by atoms with Crippen LogP contribution >= 0.6 is 0 Å². The monoisotopic (exact) mass is 238 g/mol. The molecule has 96 valence electrons. The van der Waals surface area contributed by atoms with Crippen molar-refractivity contribution < 1.29 is 9.21 Å². The molecule has 4 nitrogen and oxygen atoms in total. The SMILES string of the molecule is Cc1oc(C)c(C(=O)NCCNC(C)C)c1C. The van der Waals surface area contributed by atoms with E-state index in [0.717, 1.165) is 17.9 Å². The number of nitrogens with one attached hydrogen (secondary N) is 2. The van der Waals surface area contributed by atoms with Gasteiger partial charge in [0.25, 0.3) is 5.91 Å². The van der Waals surface area contributed by atoms with Crippen LogP contribution in [0.15, 0.2) is 4.42 Å². The molecule has 1 heterocycles. The van der Waals surface area contributed by atoms with Crippen LogP contribution in [0.5, 0.6) is 0 Å². The Morgan fingerprint density at radius 1 is 1.18 bits per heavy atom. The second kappa shape index (κ2) is 5.87. The first-order valence-electron chi connectivity index (χ1n) is 6.01. The van der Waals surface area contributed by atoms with E-state index in [-0.39, 0.29) is 5.91 Å². The maximum atomic E-state index is 11.9. The second-order valence-corrected chi connectivity index (χ2v) is 4.58. The summed E-state index contributed by atoms with van der Waals surface area (Å²) in [7, 11) is 0. The first kappa shape index (κ1) is 13.8. The van der Waals surface area contributed by atoms with Gasteiger partial charge in [-0.15, -0.1) is 0 Å². The van der Waals surface area contributed by atoms with Gasteiger partial charge >= 0.3 is 0 Å². The number of rotatable bonds is 5. The number of carbonyl (C=O) groups excluding carboxylic acids is 1. The quantitative estimate of drug-likeness (QED) is 0.771. The van der Waals surface area contributed by atoms with Gasteiger partial charge < -0.3 is 15.1 Å². The predicted molar refractivity (Wildman–Crippen MR) is 68.4 cm³/mol. The van der Waals surface area contributed by atoms with Crippen LogP contribution in [0, 0.1) is 20.8 Å². The van der Waals surface area contributed by atoms with E-state index in [1.54, 1.807) is 0 Å². The van der Waals surface area contributed by atoms with Crippen LogP contribution in [0.2, 0.25) is 0 Å². The Hall–Kier alpha value is -1.29. The molecule has 0 atom stereocenters. The van der Waals surface area contributed by atoms with Gasteiger partial charge in [0.1, 0.15) is 11.5 Å². The first-order chi connectivity index (χ1) is 7.93. The second-order valence-electron chi connectivity index (χ2n) is 4.58. The minimum atomic E-state index is -0.0533. The number of hydrogen-bond acceptors (Lipinski definition) is 3. The molecule has 0 aromatic carbocycles. The Labute approximate surface area is 103 Å². The molecule has 0 aliphatic heterocycles. The molecule has 4 heteroatoms. The van der Waals surface area contributed by atoms with E-state index in [1.807, 2.05) is 20.8 Å². The molecule has 2 N–H and O–H groups in total. The van der Waals surface area contributed by atoms with Crippen molar-refractivity contribution in [3.05, 3.63) is 22.6 Å². The Balaban J connectivity index is 2.53. The lowest BCUT2D eigenvalue weighted by Gasteiger charge is -2.09. The fraction of sp³-hybridized carbons (Fsp3) is 0.615. The summed E-state index contributed by atoms with van der Waals surface area (Å²) in [6, 6.07) is 0.437. The van der Waals surface area contributed by atoms with Gasteiger partial charge in [-0.05, 0) is 20.8 Å². The molecule has 1 aromatic heterocycles. The van der Waals surface area contributed by atoms with Crippen LogP contribution in [0.4, 0.5) is 0 Å². The molecule has 1 amide bonds. The van der Waals surface area contributed by atoms with Crippen molar-refractivity contribution in [1.29, 1.82) is 0 Å². The van der Waals surface area contributed by atoms with Crippen LogP contribution in [0.1, 0.15) is 41.3 Å². The van der Waals surface area contributed by atoms with Crippen LogP contribution in [0.25, 0.3) is 0 Å². The molecule has 0 aliphatic carbocycles. The highest BCUT2D eigenvalue weighted by molar-refractivity contribution is 5.96. The fourth-order valence-corrected chi connectivity index (χ4v) is 1.75. The van der Waals surface area contributed by atoms with E-state index >= 15 is 0 Å². The molecule has 0 fully saturated rings. The molecule has 0 aliphatic rings. The average molecular weight is 238 g/mol. The number of amides is 1. The standard InChI is InChI=1S/C13H22N2O2/c1-8(2)14-6-7-15-13(16)12-9(3)10(4)17-11(12)5/h8,14H,6-7H2,1-5H3,(H,15,16). The zero-order valence-electron chi connectivity index (χ0n) is 11.3. The van der Waals surface area contributed by atoms with E-state index in [1.165, 1.54) is 0 Å². The molecule has 0 bridgehead atoms. The largest absolute Gasteiger partial charge is 0.466 e. The zero-order chi connectivity index (χ0) is 13.0. The van der Waals surface area contributed by atoms with Crippen molar-refractivity contribution in [2.45, 2.75) is 40.7 Å². The third-order valence-electron chi connectivity index (χ3n) is 2.75. The normalized spacial score (nSPS) is 10.9. The van der Waals surface area contributed by atoms with E-state index < -0.39 is 0 Å². The Morgan fingerprint density at radius 3 is 2.29 bits per heavy atom. The smallest absolute Gasteiger partial charge is 0.255 e. The first-order valence-corrected chi connectivity index (χ1v) is 6.01. The zero-order valence-corrected chi connectivity index (χ0v) is 11.3. The van der Waals surface area contributed by atoms with E-state index in [2.05, 4.69) is 24.5 Å². The maximum Gasteiger partial charge on any atom is 0.255 e. The molecule has 1 rings (SSSR count). The summed E-state index contributed by atoms with van der Waals surface area (Å²) in [5.74, 6) is 1.45. The molecule has 0 spiro atoms. The van der Waals surface area contributed by atoms with E-state index in [4.69, 9.17) is 4.42 Å². The van der Waals surface area contributed by atoms with Crippen molar-refractivity contribution in [2.75, 3.05) is 13.1 Å². The molecular weight excluding hydrogens is 216 g/mol. The molecule has 0 saturated heterocycles. The highest BCUT2D eigenvalue weighted by Crippen LogP contribution is 2.20. The molecular formula is C13H22N2O2. The number of furan rings is 1. The summed E-state index contributed by atoms with van der Waals surface area (Å²) < 4.78 is 5.43. The summed E-state index contributed by atoms with van der Waals surface area (Å²) in [6.45, 7) is 11.2. The van der Waals surface area contributed by atoms with Crippen molar-refractivity contribution in [1.82, 2.24) is 10.6 Å². The lowest BCUT2D eigenvalue weighted by molar-refractivity contribution is 0.0951. The van der Waals surface area contributed by atoms with E-state index in [0.29, 0.717) is 23.9 Å². The minimum Gasteiger partial charge on any atom is -0.466 e. The Bertz CT molecular complexity index is 394. The molecule has 17 heavy (non-hydrogen) atoms. The number of hydrogen-bond donors (Lipinski definition) is 2. The van der Waals surface area contributed by atoms with Crippen LogP contribution in [0.3, 0.4) is 0 Å². The van der Waals surface area contributed by atoms with Crippen molar-refractivity contribution >= 4 is 5.91 Å². The van der Waals surface area contributed by atoms with Gasteiger partial charge in [-0.1, -0.05) is 13.8 Å². The van der Waals surface area contributed by atoms with Gasteiger partial charge in [0, 0.05) is 24.7 Å². The highest BCUT2D eigenvalue weighted by atomic mass is 16.3. The number of carbonyl (C=O) groups is 1. The minimum absolute atomic E-state index is 0.0533. The highest BCUT2D eigenvalue weighted by Gasteiger charge is 2.17. The third-order valence-corrected chi connectivity index (χ3v) is 2.75. The Kier molecular flexibility index (Phi) is 4.75. The van der Waals surface area contributed by atoms with Gasteiger partial charge in [0.15, 0.2) is 0 Å². The lowest BCUT2D eigenvalue weighted by Crippen LogP contribution is -2.34. The van der Waals surface area contributed by atoms with Gasteiger partial charge in [0.05, 0.1) is 5.56 Å². The summed E-state index contributed by atoms with van der Waals surface area (Å²) >= 11 is 0. The van der Waals surface area contributed by atoms with Crippen molar-refractivity contribution in [3.63, 3.8) is 0 Å². The summed E-state index contributed by atoms with van der Waals surface area (Å²) in [5, 5.41) is 6.14. The maximum absolute atomic E-state index is 11.9. The van der Waals surface area contributed by atoms with Gasteiger partial charge in [0.2, 0.25) is 0 Å². The fourth-order valence-electron chi connectivity index (χ4n) is 1.75. The molecule has 1 aromatic rings. The van der Waals surface area contributed by atoms with Gasteiger partial charge in [-0.2, -0.15) is 0 Å². The van der Waals surface area contributed by atoms with Crippen molar-refractivity contribution in [2.24, 2.45) is 0 Å². The average Bonchev–Trinajstić information content (AvgIpc) is 2.48. The van der Waals surface area contributed by atoms with Crippen LogP contribution < -0.4 is 10.6 Å². The van der Waals surface area contributed by atoms with Crippen molar-refractivity contribution in [3.8, 4) is 0 Å². The van der Waals surface area contributed by atoms with Crippen LogP contribution in [-0.2, 0) is 0 Å². The third kappa shape index (κ3) is 3.60. The molecule has 0 unspecified atom stereocenters.